The lowest BCUT2D eigenvalue weighted by Crippen LogP contribution is -2.00. The second-order valence-electron chi connectivity index (χ2n) is 4.52. The van der Waals surface area contributed by atoms with Crippen LogP contribution in [-0.4, -0.2) is 7.11 Å². The first kappa shape index (κ1) is 14.4. The number of hydrogen-bond donors (Lipinski definition) is 1. The lowest BCUT2D eigenvalue weighted by molar-refractivity contribution is 0.413. The highest BCUT2D eigenvalue weighted by Gasteiger charge is 2.04. The normalized spacial score (nSPS) is 9.90. The van der Waals surface area contributed by atoms with Crippen molar-refractivity contribution >= 4 is 21.6 Å². The van der Waals surface area contributed by atoms with Crippen LogP contribution in [0.15, 0.2) is 40.9 Å². The van der Waals surface area contributed by atoms with Crippen molar-refractivity contribution in [3.8, 4) is 11.8 Å². The zero-order valence-electron chi connectivity index (χ0n) is 11.4. The van der Waals surface area contributed by atoms with Crippen LogP contribution in [0.5, 0.6) is 5.75 Å². The fourth-order valence-electron chi connectivity index (χ4n) is 1.99. The maximum atomic E-state index is 9.08. The molecule has 0 fully saturated rings. The Bertz CT molecular complexity index is 642. The summed E-state index contributed by atoms with van der Waals surface area (Å²) in [7, 11) is 1.57. The van der Waals surface area contributed by atoms with E-state index in [1.165, 1.54) is 5.56 Å². The van der Waals surface area contributed by atoms with Gasteiger partial charge in [0.2, 0.25) is 0 Å². The average Bonchev–Trinajstić information content (AvgIpc) is 2.43. The highest BCUT2D eigenvalue weighted by atomic mass is 79.9. The van der Waals surface area contributed by atoms with Crippen LogP contribution >= 0.6 is 15.9 Å². The maximum Gasteiger partial charge on any atom is 0.136 e. The first-order valence-corrected chi connectivity index (χ1v) is 7.00. The van der Waals surface area contributed by atoms with Crippen molar-refractivity contribution in [2.75, 3.05) is 12.4 Å². The Hall–Kier alpha value is -1.99. The molecule has 0 atom stereocenters. The summed E-state index contributed by atoms with van der Waals surface area (Å²) >= 11 is 3.48. The summed E-state index contributed by atoms with van der Waals surface area (Å²) in [5.74, 6) is 0.606. The largest absolute Gasteiger partial charge is 0.495 e. The van der Waals surface area contributed by atoms with Gasteiger partial charge in [0.05, 0.1) is 12.7 Å². The fraction of sp³-hybridized carbons (Fsp3) is 0.188. The Morgan fingerprint density at radius 1 is 1.25 bits per heavy atom. The molecule has 0 heterocycles. The van der Waals surface area contributed by atoms with Crippen LogP contribution in [-0.2, 0) is 6.54 Å². The molecule has 3 nitrogen and oxygen atoms in total. The highest BCUT2D eigenvalue weighted by Crippen LogP contribution is 2.22. The van der Waals surface area contributed by atoms with Gasteiger partial charge in [-0.15, -0.1) is 0 Å². The number of rotatable bonds is 4. The molecular weight excluding hydrogens is 316 g/mol. The number of aryl methyl sites for hydroxylation is 1. The van der Waals surface area contributed by atoms with Crippen molar-refractivity contribution in [2.45, 2.75) is 13.5 Å². The Morgan fingerprint density at radius 2 is 2.05 bits per heavy atom. The molecule has 2 aromatic rings. The van der Waals surface area contributed by atoms with Gasteiger partial charge in [-0.25, -0.2) is 0 Å². The van der Waals surface area contributed by atoms with E-state index in [2.05, 4.69) is 46.4 Å². The Balaban J connectivity index is 2.13. The van der Waals surface area contributed by atoms with Crippen LogP contribution in [0.2, 0.25) is 0 Å². The molecule has 0 aromatic heterocycles. The van der Waals surface area contributed by atoms with E-state index in [4.69, 9.17) is 10.00 Å². The standard InChI is InChI=1S/C16H15BrN2O/c1-11-5-14(17)8-15(6-11)19-10-12-3-4-16(20-2)13(7-12)9-18/h3-8,19H,10H2,1-2H3. The molecule has 20 heavy (non-hydrogen) atoms. The smallest absolute Gasteiger partial charge is 0.136 e. The molecule has 0 aliphatic rings. The van der Waals surface area contributed by atoms with E-state index in [1.54, 1.807) is 7.11 Å². The summed E-state index contributed by atoms with van der Waals surface area (Å²) in [6.07, 6.45) is 0. The van der Waals surface area contributed by atoms with E-state index in [1.807, 2.05) is 24.3 Å². The molecule has 0 bridgehead atoms. The van der Waals surface area contributed by atoms with Gasteiger partial charge in [0, 0.05) is 16.7 Å². The first-order chi connectivity index (χ1) is 9.62. The molecule has 0 saturated carbocycles. The number of methoxy groups -OCH3 is 1. The lowest BCUT2D eigenvalue weighted by Gasteiger charge is -2.10. The minimum absolute atomic E-state index is 0.553. The van der Waals surface area contributed by atoms with Crippen molar-refractivity contribution < 1.29 is 4.74 Å². The van der Waals surface area contributed by atoms with Gasteiger partial charge in [0.25, 0.3) is 0 Å². The van der Waals surface area contributed by atoms with Crippen LogP contribution in [0.25, 0.3) is 0 Å². The van der Waals surface area contributed by atoms with Gasteiger partial charge in [-0.05, 0) is 48.4 Å². The molecule has 2 rings (SSSR count). The first-order valence-electron chi connectivity index (χ1n) is 6.20. The third-order valence-corrected chi connectivity index (χ3v) is 3.38. The molecule has 0 unspecified atom stereocenters. The topological polar surface area (TPSA) is 45.0 Å². The number of anilines is 1. The zero-order chi connectivity index (χ0) is 14.5. The molecule has 1 N–H and O–H groups in total. The van der Waals surface area contributed by atoms with Crippen molar-refractivity contribution in [1.29, 1.82) is 5.26 Å². The van der Waals surface area contributed by atoms with Crippen LogP contribution < -0.4 is 10.1 Å². The zero-order valence-corrected chi connectivity index (χ0v) is 13.0. The Morgan fingerprint density at radius 3 is 2.70 bits per heavy atom. The molecule has 0 radical (unpaired) electrons. The molecule has 0 spiro atoms. The summed E-state index contributed by atoms with van der Waals surface area (Å²) in [4.78, 5) is 0. The summed E-state index contributed by atoms with van der Waals surface area (Å²) < 4.78 is 6.18. The van der Waals surface area contributed by atoms with Gasteiger partial charge < -0.3 is 10.1 Å². The second-order valence-corrected chi connectivity index (χ2v) is 5.43. The molecule has 0 amide bonds. The third kappa shape index (κ3) is 3.52. The number of nitrogens with one attached hydrogen (secondary N) is 1. The summed E-state index contributed by atoms with van der Waals surface area (Å²) in [5.41, 5.74) is 3.83. The van der Waals surface area contributed by atoms with Gasteiger partial charge in [0.1, 0.15) is 11.8 Å². The van der Waals surface area contributed by atoms with Crippen LogP contribution in [0.4, 0.5) is 5.69 Å². The van der Waals surface area contributed by atoms with Crippen molar-refractivity contribution in [1.82, 2.24) is 0 Å². The minimum Gasteiger partial charge on any atom is -0.495 e. The van der Waals surface area contributed by atoms with Crippen LogP contribution in [0, 0.1) is 18.3 Å². The van der Waals surface area contributed by atoms with Crippen LogP contribution in [0.1, 0.15) is 16.7 Å². The summed E-state index contributed by atoms with van der Waals surface area (Å²) in [6.45, 7) is 2.71. The van der Waals surface area contributed by atoms with Crippen molar-refractivity contribution in [2.24, 2.45) is 0 Å². The van der Waals surface area contributed by atoms with E-state index < -0.39 is 0 Å². The quantitative estimate of drug-likeness (QED) is 0.911. The van der Waals surface area contributed by atoms with E-state index in [9.17, 15) is 0 Å². The predicted octanol–water partition coefficient (Wildman–Crippen LogP) is 4.25. The van der Waals surface area contributed by atoms with Gasteiger partial charge in [0.15, 0.2) is 0 Å². The monoisotopic (exact) mass is 330 g/mol. The number of hydrogen-bond acceptors (Lipinski definition) is 3. The predicted molar refractivity (Wildman–Crippen MR) is 83.9 cm³/mol. The Labute approximate surface area is 127 Å². The number of ether oxygens (including phenoxy) is 1. The van der Waals surface area contributed by atoms with Crippen molar-refractivity contribution in [3.05, 3.63) is 57.6 Å². The molecule has 0 saturated heterocycles. The molecule has 4 heteroatoms. The van der Waals surface area contributed by atoms with E-state index in [-0.39, 0.29) is 0 Å². The minimum atomic E-state index is 0.553. The van der Waals surface area contributed by atoms with Gasteiger partial charge in [-0.3, -0.25) is 0 Å². The lowest BCUT2D eigenvalue weighted by atomic mass is 10.1. The maximum absolute atomic E-state index is 9.08. The molecule has 102 valence electrons. The molecular formula is C16H15BrN2O. The molecule has 0 aliphatic heterocycles. The molecule has 2 aromatic carbocycles. The van der Waals surface area contributed by atoms with E-state index in [0.717, 1.165) is 15.7 Å². The van der Waals surface area contributed by atoms with E-state index >= 15 is 0 Å². The second kappa shape index (κ2) is 6.44. The number of nitriles is 1. The summed E-state index contributed by atoms with van der Waals surface area (Å²) in [5, 5.41) is 12.4. The highest BCUT2D eigenvalue weighted by molar-refractivity contribution is 9.10. The van der Waals surface area contributed by atoms with Gasteiger partial charge >= 0.3 is 0 Å². The number of halogens is 1. The average molecular weight is 331 g/mol. The number of benzene rings is 2. The Kier molecular flexibility index (Phi) is 4.65. The number of nitrogens with zero attached hydrogens (tertiary/aromatic N) is 1. The van der Waals surface area contributed by atoms with Crippen molar-refractivity contribution in [3.63, 3.8) is 0 Å². The van der Waals surface area contributed by atoms with Gasteiger partial charge in [-0.1, -0.05) is 22.0 Å². The SMILES string of the molecule is COc1ccc(CNc2cc(C)cc(Br)c2)cc1C#N. The van der Waals surface area contributed by atoms with E-state index in [0.29, 0.717) is 17.9 Å². The van der Waals surface area contributed by atoms with Gasteiger partial charge in [-0.2, -0.15) is 5.26 Å². The summed E-state index contributed by atoms with van der Waals surface area (Å²) in [6, 6.07) is 13.9. The van der Waals surface area contributed by atoms with Crippen LogP contribution in [0.3, 0.4) is 0 Å². The fourth-order valence-corrected chi connectivity index (χ4v) is 2.60. The third-order valence-electron chi connectivity index (χ3n) is 2.92. The molecule has 0 aliphatic carbocycles.